The second-order valence-electron chi connectivity index (χ2n) is 6.19. The van der Waals surface area contributed by atoms with Crippen LogP contribution < -0.4 is 10.6 Å². The summed E-state index contributed by atoms with van der Waals surface area (Å²) in [6.45, 7) is 3.24. The van der Waals surface area contributed by atoms with Crippen molar-refractivity contribution in [1.29, 1.82) is 0 Å². The highest BCUT2D eigenvalue weighted by Crippen LogP contribution is 2.30. The molecule has 0 amide bonds. The molecule has 1 aliphatic rings. The number of guanidine groups is 1. The second-order valence-corrected chi connectivity index (χ2v) is 8.12. The van der Waals surface area contributed by atoms with E-state index >= 15 is 0 Å². The van der Waals surface area contributed by atoms with Gasteiger partial charge in [-0.25, -0.2) is 13.4 Å². The number of nitrogens with one attached hydrogen (secondary N) is 2. The van der Waals surface area contributed by atoms with Crippen molar-refractivity contribution in [2.45, 2.75) is 31.8 Å². The molecule has 2 heterocycles. The van der Waals surface area contributed by atoms with Gasteiger partial charge in [0.1, 0.15) is 0 Å². The molecule has 12 heteroatoms. The van der Waals surface area contributed by atoms with Crippen molar-refractivity contribution >= 4 is 40.0 Å². The maximum absolute atomic E-state index is 12.6. The third-order valence-corrected chi connectivity index (χ3v) is 5.86. The Bertz CT molecular complexity index is 724. The van der Waals surface area contributed by atoms with E-state index in [1.54, 1.807) is 6.20 Å². The third kappa shape index (κ3) is 7.03. The van der Waals surface area contributed by atoms with Crippen molar-refractivity contribution in [3.05, 3.63) is 30.1 Å². The number of nitrogens with zero attached hydrogens (tertiary/aromatic N) is 3. The van der Waals surface area contributed by atoms with Gasteiger partial charge in [0.25, 0.3) is 0 Å². The van der Waals surface area contributed by atoms with Crippen LogP contribution >= 0.6 is 24.0 Å². The van der Waals surface area contributed by atoms with Crippen molar-refractivity contribution in [3.63, 3.8) is 0 Å². The first kappa shape index (κ1) is 24.9. The van der Waals surface area contributed by atoms with Crippen molar-refractivity contribution in [3.8, 4) is 0 Å². The number of sulfonamides is 1. The summed E-state index contributed by atoms with van der Waals surface area (Å²) in [5.74, 6) is 0.664. The Balaban J connectivity index is 0.00000392. The number of piperidine rings is 1. The molecule has 0 aliphatic carbocycles. The third-order valence-electron chi connectivity index (χ3n) is 4.23. The minimum Gasteiger partial charge on any atom is -0.357 e. The summed E-state index contributed by atoms with van der Waals surface area (Å²) in [6, 6.07) is 5.56. The van der Waals surface area contributed by atoms with E-state index in [2.05, 4.69) is 20.6 Å². The molecule has 0 saturated carbocycles. The van der Waals surface area contributed by atoms with Crippen LogP contribution in [0.3, 0.4) is 0 Å². The van der Waals surface area contributed by atoms with Gasteiger partial charge in [-0.05, 0) is 37.8 Å². The standard InChI is InChI=1S/C16H24F3N5O2S.HI/c1-2-20-15(23-12-14-5-3-4-8-21-14)22-11-13-6-9-24(10-7-13)27(25,26)16(17,18)19;/h3-5,8,13H,2,6-7,9-12H2,1H3,(H2,20,22,23);1H. The Morgan fingerprint density at radius 1 is 1.29 bits per heavy atom. The van der Waals surface area contributed by atoms with Gasteiger partial charge in [-0.3, -0.25) is 4.98 Å². The van der Waals surface area contributed by atoms with E-state index in [4.69, 9.17) is 0 Å². The van der Waals surface area contributed by atoms with Crippen molar-refractivity contribution < 1.29 is 21.6 Å². The highest BCUT2D eigenvalue weighted by atomic mass is 127. The van der Waals surface area contributed by atoms with E-state index in [1.165, 1.54) is 0 Å². The van der Waals surface area contributed by atoms with Crippen LogP contribution in [0.1, 0.15) is 25.5 Å². The van der Waals surface area contributed by atoms with Gasteiger partial charge in [0.05, 0.1) is 12.2 Å². The normalized spacial score (nSPS) is 17.1. The molecule has 1 aromatic rings. The molecule has 2 N–H and O–H groups in total. The van der Waals surface area contributed by atoms with Gasteiger partial charge in [-0.15, -0.1) is 24.0 Å². The number of aliphatic imine (C=N–C) groups is 1. The van der Waals surface area contributed by atoms with Crippen LogP contribution in [0.5, 0.6) is 0 Å². The highest BCUT2D eigenvalue weighted by Gasteiger charge is 2.50. The predicted molar refractivity (Wildman–Crippen MR) is 112 cm³/mol. The van der Waals surface area contributed by atoms with Crippen molar-refractivity contribution in [2.75, 3.05) is 26.2 Å². The van der Waals surface area contributed by atoms with Crippen LogP contribution in [-0.2, 0) is 16.6 Å². The van der Waals surface area contributed by atoms with Gasteiger partial charge < -0.3 is 10.6 Å². The van der Waals surface area contributed by atoms with Crippen LogP contribution in [-0.4, -0.2) is 55.4 Å². The lowest BCUT2D eigenvalue weighted by atomic mass is 9.98. The SMILES string of the molecule is CCNC(=NCc1ccccn1)NCC1CCN(S(=O)(=O)C(F)(F)F)CC1.I. The Morgan fingerprint density at radius 3 is 2.50 bits per heavy atom. The first-order valence-electron chi connectivity index (χ1n) is 8.72. The molecule has 7 nitrogen and oxygen atoms in total. The molecule has 0 aromatic carbocycles. The molecule has 0 radical (unpaired) electrons. The van der Waals surface area contributed by atoms with Gasteiger partial charge in [0, 0.05) is 32.4 Å². The lowest BCUT2D eigenvalue weighted by molar-refractivity contribution is -0.0496. The molecule has 1 aliphatic heterocycles. The number of aromatic nitrogens is 1. The number of halogens is 4. The molecule has 0 bridgehead atoms. The monoisotopic (exact) mass is 535 g/mol. The van der Waals surface area contributed by atoms with Gasteiger partial charge in [0.2, 0.25) is 0 Å². The van der Waals surface area contributed by atoms with E-state index in [0.29, 0.717) is 42.7 Å². The number of alkyl halides is 3. The Hall–Kier alpha value is -1.15. The molecule has 1 aromatic heterocycles. The van der Waals surface area contributed by atoms with Gasteiger partial charge in [0.15, 0.2) is 5.96 Å². The first-order valence-corrected chi connectivity index (χ1v) is 10.2. The molecule has 1 fully saturated rings. The van der Waals surface area contributed by atoms with Crippen LogP contribution in [0.25, 0.3) is 0 Å². The Kier molecular flexibility index (Phi) is 9.90. The van der Waals surface area contributed by atoms with Gasteiger partial charge in [-0.2, -0.15) is 17.5 Å². The molecular formula is C16H25F3IN5O2S. The van der Waals surface area contributed by atoms with E-state index in [-0.39, 0.29) is 43.0 Å². The fourth-order valence-electron chi connectivity index (χ4n) is 2.73. The van der Waals surface area contributed by atoms with E-state index in [0.717, 1.165) is 5.69 Å². The lowest BCUT2D eigenvalue weighted by Gasteiger charge is -2.31. The molecule has 28 heavy (non-hydrogen) atoms. The topological polar surface area (TPSA) is 86.7 Å². The van der Waals surface area contributed by atoms with Crippen LogP contribution in [0.15, 0.2) is 29.4 Å². The van der Waals surface area contributed by atoms with E-state index < -0.39 is 15.5 Å². The fourth-order valence-corrected chi connectivity index (χ4v) is 3.72. The van der Waals surface area contributed by atoms with Gasteiger partial charge >= 0.3 is 15.5 Å². The Morgan fingerprint density at radius 2 is 1.96 bits per heavy atom. The minimum atomic E-state index is -5.24. The molecule has 0 spiro atoms. The average Bonchev–Trinajstić information content (AvgIpc) is 2.64. The number of hydrogen-bond donors (Lipinski definition) is 2. The summed E-state index contributed by atoms with van der Waals surface area (Å²) in [5.41, 5.74) is -4.42. The lowest BCUT2D eigenvalue weighted by Crippen LogP contribution is -2.47. The zero-order chi connectivity index (χ0) is 19.9. The van der Waals surface area contributed by atoms with E-state index in [1.807, 2.05) is 25.1 Å². The minimum absolute atomic E-state index is 0. The summed E-state index contributed by atoms with van der Waals surface area (Å²) < 4.78 is 61.2. The molecule has 2 rings (SSSR count). The summed E-state index contributed by atoms with van der Waals surface area (Å²) in [7, 11) is -5.23. The molecular weight excluding hydrogens is 510 g/mol. The summed E-state index contributed by atoms with van der Waals surface area (Å²) in [6.07, 6.45) is 2.41. The van der Waals surface area contributed by atoms with Gasteiger partial charge in [-0.1, -0.05) is 6.07 Å². The molecule has 160 valence electrons. The maximum Gasteiger partial charge on any atom is 0.511 e. The molecule has 1 saturated heterocycles. The zero-order valence-electron chi connectivity index (χ0n) is 15.4. The van der Waals surface area contributed by atoms with Crippen LogP contribution in [0, 0.1) is 5.92 Å². The number of hydrogen-bond acceptors (Lipinski definition) is 4. The first-order chi connectivity index (χ1) is 12.7. The van der Waals surface area contributed by atoms with Crippen LogP contribution in [0.4, 0.5) is 13.2 Å². The van der Waals surface area contributed by atoms with Crippen LogP contribution in [0.2, 0.25) is 0 Å². The maximum atomic E-state index is 12.6. The highest BCUT2D eigenvalue weighted by molar-refractivity contribution is 14.0. The summed E-state index contributed by atoms with van der Waals surface area (Å²) in [4.78, 5) is 8.63. The Labute approximate surface area is 180 Å². The predicted octanol–water partition coefficient (Wildman–Crippen LogP) is 2.32. The smallest absolute Gasteiger partial charge is 0.357 e. The summed E-state index contributed by atoms with van der Waals surface area (Å²) in [5, 5.41) is 6.27. The average molecular weight is 535 g/mol. The van der Waals surface area contributed by atoms with E-state index in [9.17, 15) is 21.6 Å². The second kappa shape index (κ2) is 11.1. The molecule has 0 unspecified atom stereocenters. The van der Waals surface area contributed by atoms with Crippen molar-refractivity contribution in [1.82, 2.24) is 19.9 Å². The largest absolute Gasteiger partial charge is 0.511 e. The summed E-state index contributed by atoms with van der Waals surface area (Å²) >= 11 is 0. The zero-order valence-corrected chi connectivity index (χ0v) is 18.6. The molecule has 0 atom stereocenters. The number of pyridine rings is 1. The quantitative estimate of drug-likeness (QED) is 0.332. The van der Waals surface area contributed by atoms with Crippen molar-refractivity contribution in [2.24, 2.45) is 10.9 Å². The number of rotatable bonds is 6. The fraction of sp³-hybridized carbons (Fsp3) is 0.625.